The molecule has 0 aliphatic heterocycles. The van der Waals surface area contributed by atoms with Crippen molar-refractivity contribution >= 4 is 45.8 Å². The molecule has 0 aliphatic carbocycles. The van der Waals surface area contributed by atoms with Crippen LogP contribution in [-0.2, 0) is 14.3 Å². The third-order valence-electron chi connectivity index (χ3n) is 2.57. The molecule has 1 N–H and O–H groups in total. The number of ether oxygens (including phenoxy) is 2. The molecule has 1 rings (SSSR count). The Kier molecular flexibility index (Phi) is 6.64. The van der Waals surface area contributed by atoms with Crippen molar-refractivity contribution in [3.05, 3.63) is 16.0 Å². The van der Waals surface area contributed by atoms with Gasteiger partial charge in [-0.15, -0.1) is 22.9 Å². The number of alkyl halides is 1. The van der Waals surface area contributed by atoms with Gasteiger partial charge in [-0.25, -0.2) is 9.59 Å². The Morgan fingerprint density at radius 1 is 1.29 bits per heavy atom. The topological polar surface area (TPSA) is 81.7 Å². The molecule has 0 aliphatic rings. The van der Waals surface area contributed by atoms with Gasteiger partial charge in [-0.3, -0.25) is 4.79 Å². The van der Waals surface area contributed by atoms with Gasteiger partial charge in [0.05, 0.1) is 19.3 Å². The maximum atomic E-state index is 12.0. The van der Waals surface area contributed by atoms with Gasteiger partial charge in [0.15, 0.2) is 0 Å². The largest absolute Gasteiger partial charge is 0.465 e. The molecule has 0 unspecified atom stereocenters. The molecule has 0 atom stereocenters. The summed E-state index contributed by atoms with van der Waals surface area (Å²) < 4.78 is 9.62. The molecule has 116 valence electrons. The molecule has 1 aromatic rings. The minimum atomic E-state index is -0.595. The van der Waals surface area contributed by atoms with Crippen LogP contribution in [0.1, 0.15) is 38.9 Å². The maximum Gasteiger partial charge on any atom is 0.348 e. The zero-order valence-corrected chi connectivity index (χ0v) is 13.5. The minimum Gasteiger partial charge on any atom is -0.465 e. The van der Waals surface area contributed by atoms with Crippen LogP contribution in [0.25, 0.3) is 0 Å². The average Bonchev–Trinajstić information content (AvgIpc) is 2.75. The predicted molar refractivity (Wildman–Crippen MR) is 80.3 cm³/mol. The molecule has 0 saturated heterocycles. The van der Waals surface area contributed by atoms with Gasteiger partial charge in [-0.2, -0.15) is 0 Å². The van der Waals surface area contributed by atoms with Crippen LogP contribution >= 0.6 is 22.9 Å². The average molecular weight is 334 g/mol. The van der Waals surface area contributed by atoms with Crippen molar-refractivity contribution in [2.45, 2.75) is 20.3 Å². The molecule has 0 aromatic carbocycles. The number of carbonyl (C=O) groups is 3. The Bertz CT molecular complexity index is 555. The third-order valence-corrected chi connectivity index (χ3v) is 3.95. The standard InChI is InChI=1S/C13H16ClNO5S/c1-4-20-12(17)9-7(2)10(13(18)19-3)21-11(9)15-8(16)5-6-14/h4-6H2,1-3H3,(H,15,16). The summed E-state index contributed by atoms with van der Waals surface area (Å²) in [6.07, 6.45) is 0.105. The Morgan fingerprint density at radius 3 is 2.48 bits per heavy atom. The van der Waals surface area contributed by atoms with Crippen LogP contribution in [0.15, 0.2) is 0 Å². The first-order valence-electron chi connectivity index (χ1n) is 6.20. The molecule has 21 heavy (non-hydrogen) atoms. The lowest BCUT2D eigenvalue weighted by molar-refractivity contribution is -0.115. The van der Waals surface area contributed by atoms with Crippen molar-refractivity contribution in [1.82, 2.24) is 0 Å². The number of amides is 1. The quantitative estimate of drug-likeness (QED) is 0.639. The lowest BCUT2D eigenvalue weighted by atomic mass is 10.1. The minimum absolute atomic E-state index is 0.105. The van der Waals surface area contributed by atoms with Crippen molar-refractivity contribution in [3.63, 3.8) is 0 Å². The fourth-order valence-electron chi connectivity index (χ4n) is 1.61. The Balaban J connectivity index is 3.22. The molecular weight excluding hydrogens is 318 g/mol. The summed E-state index contributed by atoms with van der Waals surface area (Å²) in [5, 5.41) is 2.84. The second kappa shape index (κ2) is 7.99. The summed E-state index contributed by atoms with van der Waals surface area (Å²) in [7, 11) is 1.25. The van der Waals surface area contributed by atoms with Crippen molar-refractivity contribution in [2.75, 3.05) is 24.9 Å². The van der Waals surface area contributed by atoms with Gasteiger partial charge in [0.2, 0.25) is 5.91 Å². The second-order valence-electron chi connectivity index (χ2n) is 3.96. The van der Waals surface area contributed by atoms with E-state index in [-0.39, 0.29) is 40.3 Å². The van der Waals surface area contributed by atoms with E-state index in [1.54, 1.807) is 13.8 Å². The molecular formula is C13H16ClNO5S. The number of esters is 2. The first-order chi connectivity index (χ1) is 9.96. The molecule has 1 amide bonds. The van der Waals surface area contributed by atoms with E-state index in [4.69, 9.17) is 16.3 Å². The van der Waals surface area contributed by atoms with E-state index in [9.17, 15) is 14.4 Å². The van der Waals surface area contributed by atoms with Crippen molar-refractivity contribution < 1.29 is 23.9 Å². The monoisotopic (exact) mass is 333 g/mol. The fourth-order valence-corrected chi connectivity index (χ4v) is 2.91. The number of thiophene rings is 1. The van der Waals surface area contributed by atoms with Gasteiger partial charge in [0, 0.05) is 12.3 Å². The SMILES string of the molecule is CCOC(=O)c1c(NC(=O)CCCl)sc(C(=O)OC)c1C. The molecule has 6 nitrogen and oxygen atoms in total. The Morgan fingerprint density at radius 2 is 1.95 bits per heavy atom. The van der Waals surface area contributed by atoms with Crippen LogP contribution in [0.5, 0.6) is 0 Å². The van der Waals surface area contributed by atoms with E-state index in [2.05, 4.69) is 10.1 Å². The smallest absolute Gasteiger partial charge is 0.348 e. The number of hydrogen-bond donors (Lipinski definition) is 1. The molecule has 1 heterocycles. The van der Waals surface area contributed by atoms with E-state index in [1.807, 2.05) is 0 Å². The van der Waals surface area contributed by atoms with Gasteiger partial charge < -0.3 is 14.8 Å². The second-order valence-corrected chi connectivity index (χ2v) is 5.36. The van der Waals surface area contributed by atoms with Gasteiger partial charge in [0.1, 0.15) is 9.88 Å². The lowest BCUT2D eigenvalue weighted by Crippen LogP contribution is -2.14. The molecule has 0 fully saturated rings. The fraction of sp³-hybridized carbons (Fsp3) is 0.462. The molecule has 0 bridgehead atoms. The Labute approximate surface area is 131 Å². The van der Waals surface area contributed by atoms with Gasteiger partial charge in [0.25, 0.3) is 0 Å². The van der Waals surface area contributed by atoms with Crippen LogP contribution in [0.3, 0.4) is 0 Å². The van der Waals surface area contributed by atoms with Crippen LogP contribution in [-0.4, -0.2) is 37.4 Å². The number of hydrogen-bond acceptors (Lipinski definition) is 6. The van der Waals surface area contributed by atoms with Crippen LogP contribution in [0.2, 0.25) is 0 Å². The third kappa shape index (κ3) is 4.18. The summed E-state index contributed by atoms with van der Waals surface area (Å²) in [5.41, 5.74) is 0.594. The number of carbonyl (C=O) groups excluding carboxylic acids is 3. The molecule has 0 radical (unpaired) electrons. The van der Waals surface area contributed by atoms with Crippen molar-refractivity contribution in [2.24, 2.45) is 0 Å². The summed E-state index contributed by atoms with van der Waals surface area (Å²) in [4.78, 5) is 35.6. The van der Waals surface area contributed by atoms with Gasteiger partial charge in [-0.1, -0.05) is 0 Å². The summed E-state index contributed by atoms with van der Waals surface area (Å²) in [6.45, 7) is 3.47. The van der Waals surface area contributed by atoms with E-state index in [0.29, 0.717) is 5.56 Å². The van der Waals surface area contributed by atoms with Gasteiger partial charge >= 0.3 is 11.9 Å². The zero-order valence-electron chi connectivity index (χ0n) is 11.9. The van der Waals surface area contributed by atoms with Crippen LogP contribution < -0.4 is 5.32 Å². The van der Waals surface area contributed by atoms with Crippen molar-refractivity contribution in [3.8, 4) is 0 Å². The highest BCUT2D eigenvalue weighted by atomic mass is 35.5. The predicted octanol–water partition coefficient (Wildman–Crippen LogP) is 2.59. The first-order valence-corrected chi connectivity index (χ1v) is 7.55. The summed E-state index contributed by atoms with van der Waals surface area (Å²) in [6, 6.07) is 0. The normalized spacial score (nSPS) is 10.1. The summed E-state index contributed by atoms with van der Waals surface area (Å²) in [5.74, 6) is -1.34. The molecule has 0 spiro atoms. The van der Waals surface area contributed by atoms with Crippen LogP contribution in [0, 0.1) is 6.92 Å². The highest BCUT2D eigenvalue weighted by molar-refractivity contribution is 7.18. The lowest BCUT2D eigenvalue weighted by Gasteiger charge is -2.06. The molecule has 0 saturated carbocycles. The highest BCUT2D eigenvalue weighted by Gasteiger charge is 2.26. The molecule has 8 heteroatoms. The number of anilines is 1. The Hall–Kier alpha value is -1.60. The first kappa shape index (κ1) is 17.5. The number of halogens is 1. The van der Waals surface area contributed by atoms with E-state index in [1.165, 1.54) is 7.11 Å². The van der Waals surface area contributed by atoms with E-state index in [0.717, 1.165) is 11.3 Å². The number of nitrogens with one attached hydrogen (secondary N) is 1. The van der Waals surface area contributed by atoms with E-state index >= 15 is 0 Å². The van der Waals surface area contributed by atoms with Crippen LogP contribution in [0.4, 0.5) is 5.00 Å². The highest BCUT2D eigenvalue weighted by Crippen LogP contribution is 2.34. The van der Waals surface area contributed by atoms with Crippen molar-refractivity contribution in [1.29, 1.82) is 0 Å². The van der Waals surface area contributed by atoms with Gasteiger partial charge in [-0.05, 0) is 19.4 Å². The molecule has 1 aromatic heterocycles. The number of rotatable bonds is 6. The zero-order chi connectivity index (χ0) is 16.0. The summed E-state index contributed by atoms with van der Waals surface area (Å²) >= 11 is 6.48. The number of methoxy groups -OCH3 is 1. The maximum absolute atomic E-state index is 12.0. The van der Waals surface area contributed by atoms with E-state index < -0.39 is 11.9 Å².